The number of hydrogen-bond acceptors (Lipinski definition) is 4. The molecule has 5 heteroatoms. The van der Waals surface area contributed by atoms with Crippen molar-refractivity contribution in [3.8, 4) is 0 Å². The van der Waals surface area contributed by atoms with E-state index in [4.69, 9.17) is 5.73 Å². The number of hydrogen-bond donors (Lipinski definition) is 1. The largest absolute Gasteiger partial charge is 0.363 e. The van der Waals surface area contributed by atoms with Crippen LogP contribution in [0.1, 0.15) is 42.0 Å². The quantitative estimate of drug-likeness (QED) is 0.761. The van der Waals surface area contributed by atoms with Gasteiger partial charge in [0, 0.05) is 6.42 Å². The predicted octanol–water partition coefficient (Wildman–Crippen LogP) is 0.622. The first-order valence-corrected chi connectivity index (χ1v) is 4.65. The second-order valence-corrected chi connectivity index (χ2v) is 3.09. The van der Waals surface area contributed by atoms with Crippen LogP contribution in [0.25, 0.3) is 0 Å². The number of unbranched alkanes of at least 4 members (excludes halogenated alkanes) is 1. The minimum atomic E-state index is -0.603. The molecule has 2 N–H and O–H groups in total. The summed E-state index contributed by atoms with van der Waals surface area (Å²) in [6.07, 6.45) is 2.83. The first-order chi connectivity index (χ1) is 6.63. The molecule has 0 radical (unpaired) electrons. The van der Waals surface area contributed by atoms with E-state index < -0.39 is 5.91 Å². The average Bonchev–Trinajstić information content (AvgIpc) is 2.14. The number of aromatic nitrogens is 3. The molecule has 0 aliphatic rings. The molecule has 0 saturated carbocycles. The molecule has 0 atom stereocenters. The van der Waals surface area contributed by atoms with Gasteiger partial charge in [-0.1, -0.05) is 13.3 Å². The van der Waals surface area contributed by atoms with E-state index in [-0.39, 0.29) is 5.82 Å². The van der Waals surface area contributed by atoms with Crippen molar-refractivity contribution >= 4 is 5.91 Å². The molecule has 0 aliphatic heterocycles. The molecule has 0 fully saturated rings. The van der Waals surface area contributed by atoms with Crippen LogP contribution in [0.4, 0.5) is 0 Å². The average molecular weight is 194 g/mol. The van der Waals surface area contributed by atoms with Gasteiger partial charge in [-0.05, 0) is 13.3 Å². The third kappa shape index (κ3) is 2.76. The summed E-state index contributed by atoms with van der Waals surface area (Å²) in [6.45, 7) is 3.81. The molecule has 1 aromatic heterocycles. The van der Waals surface area contributed by atoms with Crippen molar-refractivity contribution in [2.75, 3.05) is 0 Å². The van der Waals surface area contributed by atoms with Crippen LogP contribution in [-0.2, 0) is 6.42 Å². The molecular formula is C9H14N4O. The van der Waals surface area contributed by atoms with Gasteiger partial charge < -0.3 is 5.73 Å². The van der Waals surface area contributed by atoms with Crippen molar-refractivity contribution in [1.29, 1.82) is 0 Å². The fraction of sp³-hybridized carbons (Fsp3) is 0.556. The number of nitrogens with zero attached hydrogens (tertiary/aromatic N) is 3. The van der Waals surface area contributed by atoms with Gasteiger partial charge in [-0.15, -0.1) is 0 Å². The highest BCUT2D eigenvalue weighted by Crippen LogP contribution is 2.00. The second-order valence-electron chi connectivity index (χ2n) is 3.09. The molecule has 14 heavy (non-hydrogen) atoms. The number of rotatable bonds is 4. The number of primary amides is 1. The lowest BCUT2D eigenvalue weighted by atomic mass is 10.2. The van der Waals surface area contributed by atoms with Crippen molar-refractivity contribution < 1.29 is 4.79 Å². The number of nitrogens with two attached hydrogens (primary N) is 1. The van der Waals surface area contributed by atoms with Gasteiger partial charge in [-0.3, -0.25) is 4.79 Å². The summed E-state index contributed by atoms with van der Waals surface area (Å²) in [4.78, 5) is 22.8. The minimum absolute atomic E-state index is 0.0589. The molecule has 0 saturated heterocycles. The van der Waals surface area contributed by atoms with E-state index in [1.807, 2.05) is 0 Å². The van der Waals surface area contributed by atoms with E-state index in [1.54, 1.807) is 6.92 Å². The van der Waals surface area contributed by atoms with Crippen LogP contribution < -0.4 is 5.73 Å². The van der Waals surface area contributed by atoms with Crippen LogP contribution in [0.3, 0.4) is 0 Å². The molecule has 1 amide bonds. The summed E-state index contributed by atoms with van der Waals surface area (Å²) < 4.78 is 0. The molecule has 0 spiro atoms. The zero-order valence-corrected chi connectivity index (χ0v) is 8.45. The number of carbonyl (C=O) groups excluding carboxylic acids is 1. The first kappa shape index (κ1) is 10.6. The van der Waals surface area contributed by atoms with Crippen LogP contribution in [0, 0.1) is 6.92 Å². The Morgan fingerprint density at radius 1 is 1.36 bits per heavy atom. The van der Waals surface area contributed by atoms with E-state index >= 15 is 0 Å². The SMILES string of the molecule is CCCCc1nc(C)nc(C(N)=O)n1. The maximum Gasteiger partial charge on any atom is 0.286 e. The van der Waals surface area contributed by atoms with Crippen LogP contribution in [0.15, 0.2) is 0 Å². The second kappa shape index (κ2) is 4.64. The Balaban J connectivity index is 2.89. The molecule has 1 heterocycles. The Hall–Kier alpha value is -1.52. The zero-order chi connectivity index (χ0) is 10.6. The van der Waals surface area contributed by atoms with Gasteiger partial charge in [0.15, 0.2) is 0 Å². The van der Waals surface area contributed by atoms with Gasteiger partial charge in [-0.2, -0.15) is 0 Å². The molecule has 1 rings (SSSR count). The summed E-state index contributed by atoms with van der Waals surface area (Å²) in [5.41, 5.74) is 5.09. The van der Waals surface area contributed by atoms with Gasteiger partial charge in [0.25, 0.3) is 5.91 Å². The van der Waals surface area contributed by atoms with Gasteiger partial charge in [0.05, 0.1) is 0 Å². The number of amides is 1. The maximum absolute atomic E-state index is 10.8. The number of carbonyl (C=O) groups is 1. The molecule has 0 unspecified atom stereocenters. The minimum Gasteiger partial charge on any atom is -0.363 e. The van der Waals surface area contributed by atoms with Gasteiger partial charge in [0.2, 0.25) is 5.82 Å². The molecule has 5 nitrogen and oxygen atoms in total. The van der Waals surface area contributed by atoms with Gasteiger partial charge in [-0.25, -0.2) is 15.0 Å². The fourth-order valence-corrected chi connectivity index (χ4v) is 1.09. The lowest BCUT2D eigenvalue weighted by Gasteiger charge is -2.01. The number of aryl methyl sites for hydroxylation is 2. The van der Waals surface area contributed by atoms with E-state index in [0.29, 0.717) is 11.6 Å². The standard InChI is InChI=1S/C9H14N4O/c1-3-4-5-7-11-6(2)12-9(13-7)8(10)14/h3-5H2,1-2H3,(H2,10,14). The summed E-state index contributed by atoms with van der Waals surface area (Å²) in [6, 6.07) is 0. The molecule has 1 aromatic rings. The molecule has 0 aromatic carbocycles. The Labute approximate surface area is 82.8 Å². The smallest absolute Gasteiger partial charge is 0.286 e. The van der Waals surface area contributed by atoms with Crippen molar-refractivity contribution in [1.82, 2.24) is 15.0 Å². The summed E-state index contributed by atoms with van der Waals surface area (Å²) >= 11 is 0. The van der Waals surface area contributed by atoms with E-state index in [0.717, 1.165) is 19.3 Å². The highest BCUT2D eigenvalue weighted by molar-refractivity contribution is 5.88. The molecule has 0 aliphatic carbocycles. The van der Waals surface area contributed by atoms with Crippen LogP contribution in [-0.4, -0.2) is 20.9 Å². The third-order valence-electron chi connectivity index (χ3n) is 1.77. The summed E-state index contributed by atoms with van der Waals surface area (Å²) in [7, 11) is 0. The van der Waals surface area contributed by atoms with E-state index in [1.165, 1.54) is 0 Å². The lowest BCUT2D eigenvalue weighted by molar-refractivity contribution is 0.0989. The van der Waals surface area contributed by atoms with Gasteiger partial charge in [0.1, 0.15) is 11.6 Å². The monoisotopic (exact) mass is 194 g/mol. The maximum atomic E-state index is 10.8. The Morgan fingerprint density at radius 2 is 2.07 bits per heavy atom. The highest BCUT2D eigenvalue weighted by Gasteiger charge is 2.07. The van der Waals surface area contributed by atoms with Crippen LogP contribution >= 0.6 is 0 Å². The van der Waals surface area contributed by atoms with Gasteiger partial charge >= 0.3 is 0 Å². The van der Waals surface area contributed by atoms with E-state index in [2.05, 4.69) is 21.9 Å². The molecule has 0 bridgehead atoms. The fourth-order valence-electron chi connectivity index (χ4n) is 1.09. The van der Waals surface area contributed by atoms with Crippen molar-refractivity contribution in [3.05, 3.63) is 17.5 Å². The van der Waals surface area contributed by atoms with Crippen LogP contribution in [0.2, 0.25) is 0 Å². The summed E-state index contributed by atoms with van der Waals surface area (Å²) in [5, 5.41) is 0. The topological polar surface area (TPSA) is 81.8 Å². The molecular weight excluding hydrogens is 180 g/mol. The zero-order valence-electron chi connectivity index (χ0n) is 8.45. The normalized spacial score (nSPS) is 10.1. The van der Waals surface area contributed by atoms with Crippen LogP contribution in [0.5, 0.6) is 0 Å². The van der Waals surface area contributed by atoms with E-state index in [9.17, 15) is 4.79 Å². The molecule has 76 valence electrons. The van der Waals surface area contributed by atoms with Crippen molar-refractivity contribution in [3.63, 3.8) is 0 Å². The lowest BCUT2D eigenvalue weighted by Crippen LogP contribution is -2.18. The third-order valence-corrected chi connectivity index (χ3v) is 1.77. The Bertz CT molecular complexity index is 338. The van der Waals surface area contributed by atoms with Crippen molar-refractivity contribution in [2.24, 2.45) is 5.73 Å². The Kier molecular flexibility index (Phi) is 3.50. The van der Waals surface area contributed by atoms with Crippen molar-refractivity contribution in [2.45, 2.75) is 33.1 Å². The first-order valence-electron chi connectivity index (χ1n) is 4.65. The Morgan fingerprint density at radius 3 is 2.64 bits per heavy atom. The predicted molar refractivity (Wildman–Crippen MR) is 51.7 cm³/mol. The highest BCUT2D eigenvalue weighted by atomic mass is 16.1. The summed E-state index contributed by atoms with van der Waals surface area (Å²) in [5.74, 6) is 0.643.